The van der Waals surface area contributed by atoms with Crippen molar-refractivity contribution in [1.29, 1.82) is 0 Å². The lowest BCUT2D eigenvalue weighted by molar-refractivity contribution is -0.149. The highest BCUT2D eigenvalue weighted by molar-refractivity contribution is 5.72. The van der Waals surface area contributed by atoms with Crippen LogP contribution in [0.25, 0.3) is 0 Å². The number of carboxylic acid groups (broad SMARTS) is 1. The predicted octanol–water partition coefficient (Wildman–Crippen LogP) is 5.21. The fourth-order valence-electron chi connectivity index (χ4n) is 3.85. The molecule has 1 amide bonds. The number of ether oxygens (including phenoxy) is 5. The van der Waals surface area contributed by atoms with Crippen molar-refractivity contribution in [2.45, 2.75) is 32.5 Å². The Bertz CT molecular complexity index is 1150. The van der Waals surface area contributed by atoms with E-state index in [-0.39, 0.29) is 13.0 Å². The number of aliphatic carboxylic acids is 1. The summed E-state index contributed by atoms with van der Waals surface area (Å²) in [5.74, 6) is 0.707. The number of rotatable bonds is 17. The highest BCUT2D eigenvalue weighted by Crippen LogP contribution is 2.18. The van der Waals surface area contributed by atoms with Gasteiger partial charge in [-0.25, -0.2) is 9.59 Å². The summed E-state index contributed by atoms with van der Waals surface area (Å²) in [6.07, 6.45) is -0.480. The number of carbonyl (C=O) groups is 2. The van der Waals surface area contributed by atoms with Crippen LogP contribution < -0.4 is 14.2 Å². The van der Waals surface area contributed by atoms with Crippen molar-refractivity contribution >= 4 is 12.1 Å². The lowest BCUT2D eigenvalue weighted by atomic mass is 10.1. The zero-order valence-corrected chi connectivity index (χ0v) is 23.0. The number of hydrogen-bond donors (Lipinski definition) is 1. The summed E-state index contributed by atoms with van der Waals surface area (Å²) in [5, 5.41) is 9.29. The van der Waals surface area contributed by atoms with E-state index in [0.29, 0.717) is 56.6 Å². The minimum absolute atomic E-state index is 0.249. The van der Waals surface area contributed by atoms with Gasteiger partial charge in [0.1, 0.15) is 23.9 Å². The molecule has 0 aliphatic rings. The summed E-state index contributed by atoms with van der Waals surface area (Å²) in [6.45, 7) is 4.08. The van der Waals surface area contributed by atoms with Gasteiger partial charge in [0.25, 0.3) is 0 Å². The van der Waals surface area contributed by atoms with Crippen molar-refractivity contribution in [2.24, 2.45) is 0 Å². The molecule has 0 heterocycles. The van der Waals surface area contributed by atoms with Crippen LogP contribution in [0.15, 0.2) is 78.9 Å². The van der Waals surface area contributed by atoms with Gasteiger partial charge >= 0.3 is 12.1 Å². The number of amides is 1. The number of nitrogens with zero attached hydrogens (tertiary/aromatic N) is 1. The Labute approximate surface area is 235 Å². The molecule has 0 spiro atoms. The molecule has 40 heavy (non-hydrogen) atoms. The van der Waals surface area contributed by atoms with Crippen molar-refractivity contribution in [2.75, 3.05) is 40.0 Å². The van der Waals surface area contributed by atoms with Crippen molar-refractivity contribution in [3.63, 3.8) is 0 Å². The molecular weight excluding hydrogens is 514 g/mol. The van der Waals surface area contributed by atoms with Crippen LogP contribution in [-0.2, 0) is 27.3 Å². The van der Waals surface area contributed by atoms with Gasteiger partial charge in [-0.3, -0.25) is 0 Å². The molecule has 3 aromatic rings. The number of carboxylic acids is 1. The zero-order valence-electron chi connectivity index (χ0n) is 23.0. The molecule has 1 N–H and O–H groups in total. The molecule has 0 radical (unpaired) electrons. The van der Waals surface area contributed by atoms with E-state index in [9.17, 15) is 14.7 Å². The molecule has 0 aromatic heterocycles. The van der Waals surface area contributed by atoms with Crippen LogP contribution in [0, 0.1) is 0 Å². The Hall–Kier alpha value is -4.08. The lowest BCUT2D eigenvalue weighted by Gasteiger charge is -2.22. The Morgan fingerprint density at radius 3 is 2.15 bits per heavy atom. The zero-order chi connectivity index (χ0) is 28.6. The topological polar surface area (TPSA) is 104 Å². The number of benzene rings is 3. The van der Waals surface area contributed by atoms with E-state index in [1.165, 1.54) is 0 Å². The van der Waals surface area contributed by atoms with Gasteiger partial charge in [-0.1, -0.05) is 42.5 Å². The van der Waals surface area contributed by atoms with E-state index >= 15 is 0 Å². The van der Waals surface area contributed by atoms with Crippen LogP contribution in [0.3, 0.4) is 0 Å². The van der Waals surface area contributed by atoms with Gasteiger partial charge < -0.3 is 33.7 Å². The summed E-state index contributed by atoms with van der Waals surface area (Å²) in [6, 6.07) is 23.9. The van der Waals surface area contributed by atoms with E-state index < -0.39 is 18.2 Å². The van der Waals surface area contributed by atoms with Crippen molar-refractivity contribution in [3.8, 4) is 17.2 Å². The fourth-order valence-corrected chi connectivity index (χ4v) is 3.85. The van der Waals surface area contributed by atoms with Crippen molar-refractivity contribution in [3.05, 3.63) is 90.0 Å². The molecule has 0 saturated heterocycles. The average Bonchev–Trinajstić information content (AvgIpc) is 2.97. The molecule has 3 rings (SSSR count). The molecule has 3 aromatic carbocycles. The first-order valence-electron chi connectivity index (χ1n) is 13.3. The quantitative estimate of drug-likeness (QED) is 0.228. The summed E-state index contributed by atoms with van der Waals surface area (Å²) < 4.78 is 27.6. The third-order valence-corrected chi connectivity index (χ3v) is 5.97. The maximum atomic E-state index is 13.0. The van der Waals surface area contributed by atoms with Gasteiger partial charge in [0.05, 0.1) is 20.3 Å². The second kappa shape index (κ2) is 16.8. The summed E-state index contributed by atoms with van der Waals surface area (Å²) in [7, 11) is 1.57. The molecular formula is C31H37NO8. The first kappa shape index (κ1) is 30.5. The molecule has 1 atom stereocenters. The van der Waals surface area contributed by atoms with Gasteiger partial charge in [-0.05, 0) is 60.9 Å². The summed E-state index contributed by atoms with van der Waals surface area (Å²) in [4.78, 5) is 25.9. The molecule has 0 bridgehead atoms. The van der Waals surface area contributed by atoms with Crippen molar-refractivity contribution in [1.82, 2.24) is 4.90 Å². The summed E-state index contributed by atoms with van der Waals surface area (Å²) in [5.41, 5.74) is 1.92. The number of hydrogen-bond acceptors (Lipinski definition) is 7. The first-order chi connectivity index (χ1) is 19.5. The normalized spacial score (nSPS) is 11.4. The summed E-state index contributed by atoms with van der Waals surface area (Å²) >= 11 is 0. The maximum Gasteiger partial charge on any atom is 0.415 e. The maximum absolute atomic E-state index is 13.0. The Morgan fingerprint density at radius 1 is 0.825 bits per heavy atom. The predicted molar refractivity (Wildman–Crippen MR) is 150 cm³/mol. The van der Waals surface area contributed by atoms with Crippen LogP contribution in [0.5, 0.6) is 17.2 Å². The van der Waals surface area contributed by atoms with Crippen LogP contribution in [-0.4, -0.2) is 68.2 Å². The van der Waals surface area contributed by atoms with Gasteiger partial charge in [0, 0.05) is 26.2 Å². The molecule has 1 unspecified atom stereocenters. The van der Waals surface area contributed by atoms with Crippen LogP contribution in [0.4, 0.5) is 4.79 Å². The van der Waals surface area contributed by atoms with Gasteiger partial charge in [0.15, 0.2) is 6.10 Å². The monoisotopic (exact) mass is 551 g/mol. The minimum Gasteiger partial charge on any atom is -0.497 e. The Kier molecular flexibility index (Phi) is 12.8. The SMILES string of the molecule is CCOC(Cc1ccc(OCCN(CCCOCc2ccccc2)C(=O)Oc2ccc(OC)cc2)cc1)C(=O)O. The number of methoxy groups -OCH3 is 1. The Morgan fingerprint density at radius 2 is 1.50 bits per heavy atom. The molecule has 0 saturated carbocycles. The van der Waals surface area contributed by atoms with E-state index in [0.717, 1.165) is 11.1 Å². The fraction of sp³-hybridized carbons (Fsp3) is 0.355. The Balaban J connectivity index is 1.52. The second-order valence-electron chi connectivity index (χ2n) is 8.90. The van der Waals surface area contributed by atoms with E-state index in [1.807, 2.05) is 42.5 Å². The standard InChI is InChI=1S/C31H37NO8/c1-3-38-29(30(33)34)22-24-10-12-27(13-11-24)39-21-19-32(18-7-20-37-23-25-8-5-4-6-9-25)31(35)40-28-16-14-26(36-2)15-17-28/h4-6,8-17,29H,3,7,18-23H2,1-2H3,(H,33,34). The van der Waals surface area contributed by atoms with Crippen LogP contribution >= 0.6 is 0 Å². The molecule has 0 aliphatic heterocycles. The smallest absolute Gasteiger partial charge is 0.415 e. The highest BCUT2D eigenvalue weighted by atomic mass is 16.6. The third kappa shape index (κ3) is 10.6. The van der Waals surface area contributed by atoms with Gasteiger partial charge in [-0.15, -0.1) is 0 Å². The third-order valence-electron chi connectivity index (χ3n) is 5.97. The first-order valence-corrected chi connectivity index (χ1v) is 13.3. The average molecular weight is 552 g/mol. The van der Waals surface area contributed by atoms with Gasteiger partial charge in [-0.2, -0.15) is 0 Å². The second-order valence-corrected chi connectivity index (χ2v) is 8.90. The minimum atomic E-state index is -0.991. The van der Waals surface area contributed by atoms with E-state index in [2.05, 4.69) is 0 Å². The largest absolute Gasteiger partial charge is 0.497 e. The van der Waals surface area contributed by atoms with E-state index in [4.69, 9.17) is 23.7 Å². The number of carbonyl (C=O) groups excluding carboxylic acids is 1. The lowest BCUT2D eigenvalue weighted by Crippen LogP contribution is -2.38. The van der Waals surface area contributed by atoms with E-state index in [1.54, 1.807) is 55.3 Å². The molecule has 0 aliphatic carbocycles. The molecule has 9 heteroatoms. The molecule has 214 valence electrons. The van der Waals surface area contributed by atoms with Crippen LogP contribution in [0.1, 0.15) is 24.5 Å². The molecule has 9 nitrogen and oxygen atoms in total. The van der Waals surface area contributed by atoms with Gasteiger partial charge in [0.2, 0.25) is 0 Å². The molecule has 0 fully saturated rings. The van der Waals surface area contributed by atoms with Crippen molar-refractivity contribution < 1.29 is 38.4 Å². The highest BCUT2D eigenvalue weighted by Gasteiger charge is 2.18. The van der Waals surface area contributed by atoms with Crippen LogP contribution in [0.2, 0.25) is 0 Å².